The lowest BCUT2D eigenvalue weighted by molar-refractivity contribution is -0.181. The van der Waals surface area contributed by atoms with Crippen LogP contribution in [0.4, 0.5) is 4.39 Å². The van der Waals surface area contributed by atoms with Gasteiger partial charge in [0.15, 0.2) is 34.7 Å². The molecule has 11 nitrogen and oxygen atoms in total. The van der Waals surface area contributed by atoms with Gasteiger partial charge in [-0.3, -0.25) is 33.8 Å². The van der Waals surface area contributed by atoms with Gasteiger partial charge in [-0.1, -0.05) is 0 Å². The molecule has 2 unspecified atom stereocenters. The Kier molecular flexibility index (Phi) is 6.73. The second kappa shape index (κ2) is 9.54. The number of carbonyl (C=O) groups excluding carboxylic acids is 5. The van der Waals surface area contributed by atoms with Crippen molar-refractivity contribution < 1.29 is 43.3 Å². The fraction of sp³-hybridized carbons (Fsp3) is 0.593. The largest absolute Gasteiger partial charge is 0.507 e. The topological polar surface area (TPSA) is 168 Å². The Hall–Kier alpha value is -3.06. The van der Waals surface area contributed by atoms with Gasteiger partial charge in [0.2, 0.25) is 5.91 Å². The lowest BCUT2D eigenvalue weighted by Gasteiger charge is -2.52. The summed E-state index contributed by atoms with van der Waals surface area (Å²) >= 11 is 0. The number of benzene rings is 1. The molecule has 0 aromatic heterocycles. The molecular weight excluding hydrogens is 513 g/mol. The average Bonchev–Trinajstić information content (AvgIpc) is 3.39. The van der Waals surface area contributed by atoms with E-state index in [1.807, 2.05) is 11.9 Å². The fourth-order valence-electron chi connectivity index (χ4n) is 7.09. The Bertz CT molecular complexity index is 1290. The normalized spacial score (nSPS) is 34.3. The predicted octanol–water partition coefficient (Wildman–Crippen LogP) is -0.773. The summed E-state index contributed by atoms with van der Waals surface area (Å²) in [5, 5.41) is 22.4. The zero-order valence-corrected chi connectivity index (χ0v) is 22.0. The molecule has 4 N–H and O–H groups in total. The number of nitrogens with zero attached hydrogens (tertiary/aromatic N) is 2. The molecule has 1 saturated heterocycles. The van der Waals surface area contributed by atoms with Crippen LogP contribution in [0, 0.1) is 29.5 Å². The molecule has 210 valence electrons. The molecular formula is C27H32FN3O8. The van der Waals surface area contributed by atoms with Crippen LogP contribution < -0.4 is 5.73 Å². The maximum absolute atomic E-state index is 15.9. The second-order valence-electron chi connectivity index (χ2n) is 11.4. The number of fused-ring (bicyclic) bond motifs is 3. The lowest BCUT2D eigenvalue weighted by Crippen LogP contribution is -2.74. The first-order chi connectivity index (χ1) is 18.3. The third-order valence-electron chi connectivity index (χ3n) is 9.02. The minimum absolute atomic E-state index is 0.0320. The van der Waals surface area contributed by atoms with Crippen molar-refractivity contribution in [2.75, 3.05) is 34.4 Å². The molecule has 39 heavy (non-hydrogen) atoms. The summed E-state index contributed by atoms with van der Waals surface area (Å²) in [6.45, 7) is 1.26. The van der Waals surface area contributed by atoms with Crippen molar-refractivity contribution in [1.82, 2.24) is 9.80 Å². The minimum Gasteiger partial charge on any atom is -0.507 e. The summed E-state index contributed by atoms with van der Waals surface area (Å²) in [4.78, 5) is 69.2. The Labute approximate surface area is 224 Å². The molecule has 1 aromatic carbocycles. The van der Waals surface area contributed by atoms with E-state index in [0.717, 1.165) is 6.42 Å². The Morgan fingerprint density at radius 1 is 1.21 bits per heavy atom. The van der Waals surface area contributed by atoms with E-state index >= 15 is 4.39 Å². The van der Waals surface area contributed by atoms with Gasteiger partial charge in [-0.05, 0) is 52.4 Å². The number of Topliss-reactive ketones (excluding diaryl/α,β-unsaturated/α-hetero) is 4. The molecule has 4 aliphatic rings. The Morgan fingerprint density at radius 2 is 1.90 bits per heavy atom. The van der Waals surface area contributed by atoms with E-state index in [1.54, 1.807) is 0 Å². The number of aliphatic hydroxyl groups is 1. The van der Waals surface area contributed by atoms with Crippen molar-refractivity contribution >= 4 is 29.0 Å². The van der Waals surface area contributed by atoms with Crippen LogP contribution in [0.15, 0.2) is 6.07 Å². The van der Waals surface area contributed by atoms with Crippen LogP contribution in [-0.2, 0) is 36.9 Å². The molecule has 3 aliphatic carbocycles. The van der Waals surface area contributed by atoms with Crippen molar-refractivity contribution in [1.29, 1.82) is 0 Å². The summed E-state index contributed by atoms with van der Waals surface area (Å²) in [6, 6.07) is 0.0355. The minimum atomic E-state index is -2.81. The highest BCUT2D eigenvalue weighted by molar-refractivity contribution is 6.32. The standard InChI is InChI=1S/C27H32FN3O8/c1-30(2)21-15-7-11-6-14-18(16(32)8-12(20(14)28)9-31(3)13-4-5-39-10-13)22(33)17(11)24(35)27(15,38)25(36)19(23(21)34)26(29)37/h8,11,13,15,17,19,21,32,38H,4-7,9-10H2,1-3H3,(H2,29,37)/t11-,13-,15-,17?,19?,21-,27-/m0/s1. The van der Waals surface area contributed by atoms with Gasteiger partial charge in [-0.15, -0.1) is 0 Å². The Morgan fingerprint density at radius 3 is 2.49 bits per heavy atom. The van der Waals surface area contributed by atoms with E-state index in [9.17, 15) is 34.2 Å². The molecule has 3 fully saturated rings. The van der Waals surface area contributed by atoms with E-state index < -0.39 is 75.9 Å². The number of primary amides is 1. The second-order valence-corrected chi connectivity index (χ2v) is 11.4. The van der Waals surface area contributed by atoms with Gasteiger partial charge in [0.05, 0.1) is 24.1 Å². The summed E-state index contributed by atoms with van der Waals surface area (Å²) < 4.78 is 21.3. The van der Waals surface area contributed by atoms with Crippen LogP contribution in [-0.4, -0.2) is 101 Å². The molecule has 1 amide bonds. The van der Waals surface area contributed by atoms with Gasteiger partial charge >= 0.3 is 0 Å². The number of ketones is 4. The third kappa shape index (κ3) is 3.95. The van der Waals surface area contributed by atoms with E-state index in [2.05, 4.69) is 0 Å². The van der Waals surface area contributed by atoms with E-state index in [-0.39, 0.29) is 42.1 Å². The number of hydrogen-bond acceptors (Lipinski definition) is 10. The number of carbonyl (C=O) groups is 5. The molecule has 1 heterocycles. The highest BCUT2D eigenvalue weighted by Crippen LogP contribution is 2.51. The average molecular weight is 546 g/mol. The molecule has 7 atom stereocenters. The molecule has 0 spiro atoms. The number of likely N-dealkylation sites (N-methyl/N-ethyl adjacent to an activating group) is 2. The molecule has 12 heteroatoms. The SMILES string of the molecule is CN(C)[C@@H]1C(=O)C(C(N)=O)C(=O)[C@@]2(O)C(=O)C3C(=O)c4c(O)cc(CN(C)[C@H]5CCOC5)c(F)c4C[C@H]3C[C@@H]12. The van der Waals surface area contributed by atoms with Crippen molar-refractivity contribution in [3.05, 3.63) is 28.6 Å². The number of nitrogens with two attached hydrogens (primary N) is 1. The lowest BCUT2D eigenvalue weighted by atomic mass is 9.52. The van der Waals surface area contributed by atoms with Crippen LogP contribution in [0.25, 0.3) is 0 Å². The van der Waals surface area contributed by atoms with Gasteiger partial charge in [0.1, 0.15) is 11.6 Å². The predicted molar refractivity (Wildman–Crippen MR) is 132 cm³/mol. The van der Waals surface area contributed by atoms with Gasteiger partial charge in [0.25, 0.3) is 0 Å². The van der Waals surface area contributed by atoms with Gasteiger partial charge < -0.3 is 20.7 Å². The van der Waals surface area contributed by atoms with Crippen LogP contribution in [0.2, 0.25) is 0 Å². The van der Waals surface area contributed by atoms with Crippen molar-refractivity contribution in [3.63, 3.8) is 0 Å². The fourth-order valence-corrected chi connectivity index (χ4v) is 7.09. The van der Waals surface area contributed by atoms with Gasteiger partial charge in [0, 0.05) is 36.2 Å². The zero-order chi connectivity index (χ0) is 28.5. The van der Waals surface area contributed by atoms with Gasteiger partial charge in [-0.2, -0.15) is 0 Å². The maximum Gasteiger partial charge on any atom is 0.235 e. The molecule has 0 radical (unpaired) electrons. The number of rotatable bonds is 5. The van der Waals surface area contributed by atoms with Crippen LogP contribution in [0.5, 0.6) is 5.75 Å². The third-order valence-corrected chi connectivity index (χ3v) is 9.02. The highest BCUT2D eigenvalue weighted by Gasteiger charge is 2.69. The van der Waals surface area contributed by atoms with E-state index in [1.165, 1.54) is 25.1 Å². The van der Waals surface area contributed by atoms with E-state index in [4.69, 9.17) is 10.5 Å². The monoisotopic (exact) mass is 545 g/mol. The highest BCUT2D eigenvalue weighted by atomic mass is 19.1. The summed E-state index contributed by atoms with van der Waals surface area (Å²) in [5.41, 5.74) is 2.30. The number of phenolic OH excluding ortho intramolecular Hbond substituents is 1. The van der Waals surface area contributed by atoms with Crippen LogP contribution in [0.3, 0.4) is 0 Å². The van der Waals surface area contributed by atoms with Gasteiger partial charge in [-0.25, -0.2) is 4.39 Å². The number of ether oxygens (including phenoxy) is 1. The van der Waals surface area contributed by atoms with Crippen molar-refractivity contribution in [2.45, 2.75) is 43.5 Å². The summed E-state index contributed by atoms with van der Waals surface area (Å²) in [6.07, 6.45) is 0.535. The Balaban J connectivity index is 1.55. The smallest absolute Gasteiger partial charge is 0.235 e. The first-order valence-electron chi connectivity index (χ1n) is 13.0. The zero-order valence-electron chi connectivity index (χ0n) is 22.0. The van der Waals surface area contributed by atoms with Crippen molar-refractivity contribution in [3.8, 4) is 5.75 Å². The number of halogens is 1. The number of hydrogen-bond donors (Lipinski definition) is 3. The number of phenols is 1. The molecule has 2 saturated carbocycles. The van der Waals surface area contributed by atoms with Crippen molar-refractivity contribution in [2.24, 2.45) is 29.4 Å². The maximum atomic E-state index is 15.9. The number of amides is 1. The van der Waals surface area contributed by atoms with Crippen LogP contribution in [0.1, 0.15) is 34.3 Å². The summed E-state index contributed by atoms with van der Waals surface area (Å²) in [7, 11) is 4.82. The first-order valence-corrected chi connectivity index (χ1v) is 13.0. The molecule has 1 aliphatic heterocycles. The first kappa shape index (κ1) is 27.5. The molecule has 5 rings (SSSR count). The number of aromatic hydroxyl groups is 1. The molecule has 1 aromatic rings. The van der Waals surface area contributed by atoms with Crippen LogP contribution >= 0.6 is 0 Å². The quantitative estimate of drug-likeness (QED) is 0.400. The summed E-state index contributed by atoms with van der Waals surface area (Å²) in [5.74, 6) is -12.4. The van der Waals surface area contributed by atoms with E-state index in [0.29, 0.717) is 13.2 Å². The molecule has 0 bridgehead atoms.